The van der Waals surface area contributed by atoms with Gasteiger partial charge in [-0.05, 0) is 66.2 Å². The first-order valence-corrected chi connectivity index (χ1v) is 12.0. The van der Waals surface area contributed by atoms with E-state index in [4.69, 9.17) is 9.47 Å². The van der Waals surface area contributed by atoms with E-state index in [0.717, 1.165) is 22.6 Å². The van der Waals surface area contributed by atoms with Gasteiger partial charge in [0.15, 0.2) is 0 Å². The summed E-state index contributed by atoms with van der Waals surface area (Å²) in [4.78, 5) is 28.8. The van der Waals surface area contributed by atoms with Gasteiger partial charge >= 0.3 is 0 Å². The fraction of sp³-hybridized carbons (Fsp3) is 0.259. The molecule has 1 unspecified atom stereocenters. The number of thiophene rings is 1. The summed E-state index contributed by atoms with van der Waals surface area (Å²) in [5.74, 6) is -0.216. The minimum Gasteiger partial charge on any atom is -0.507 e. The van der Waals surface area contributed by atoms with Crippen molar-refractivity contribution in [1.29, 1.82) is 0 Å². The Morgan fingerprint density at radius 3 is 2.62 bits per heavy atom. The number of carbonyl (C=O) groups excluding carboxylic acids is 2. The number of rotatable bonds is 8. The lowest BCUT2D eigenvalue weighted by molar-refractivity contribution is -0.140. The number of likely N-dealkylation sites (tertiary alicyclic amines) is 1. The lowest BCUT2D eigenvalue weighted by atomic mass is 9.94. The number of aliphatic hydroxyl groups excluding tert-OH is 1. The molecule has 1 aliphatic rings. The average molecular weight is 478 g/mol. The summed E-state index contributed by atoms with van der Waals surface area (Å²) >= 11 is 1.51. The minimum atomic E-state index is -0.742. The van der Waals surface area contributed by atoms with Crippen LogP contribution in [0.2, 0.25) is 0 Å². The Hall–Kier alpha value is -3.58. The van der Waals surface area contributed by atoms with Gasteiger partial charge < -0.3 is 19.5 Å². The van der Waals surface area contributed by atoms with Crippen LogP contribution in [0.5, 0.6) is 11.5 Å². The Labute approximate surface area is 203 Å². The van der Waals surface area contributed by atoms with Crippen molar-refractivity contribution >= 4 is 28.8 Å². The molecule has 2 aromatic carbocycles. The van der Waals surface area contributed by atoms with Crippen molar-refractivity contribution in [2.24, 2.45) is 0 Å². The van der Waals surface area contributed by atoms with Crippen molar-refractivity contribution < 1.29 is 24.2 Å². The van der Waals surface area contributed by atoms with E-state index in [0.29, 0.717) is 23.5 Å². The van der Waals surface area contributed by atoms with Gasteiger partial charge in [-0.1, -0.05) is 25.1 Å². The third kappa shape index (κ3) is 4.56. The second kappa shape index (κ2) is 10.1. The van der Waals surface area contributed by atoms with E-state index in [9.17, 15) is 14.7 Å². The zero-order valence-electron chi connectivity index (χ0n) is 19.4. The number of carbonyl (C=O) groups is 2. The molecule has 1 fully saturated rings. The van der Waals surface area contributed by atoms with E-state index in [1.54, 1.807) is 37.4 Å². The first-order valence-electron chi connectivity index (χ1n) is 11.1. The van der Waals surface area contributed by atoms with Crippen LogP contribution in [0.25, 0.3) is 5.76 Å². The molecule has 1 saturated heterocycles. The third-order valence-electron chi connectivity index (χ3n) is 5.77. The van der Waals surface area contributed by atoms with Crippen LogP contribution in [-0.4, -0.2) is 35.4 Å². The Morgan fingerprint density at radius 1 is 1.12 bits per heavy atom. The van der Waals surface area contributed by atoms with E-state index in [1.165, 1.54) is 16.2 Å². The number of Topliss-reactive ketones (excluding diaryl/α,β-unsaturated/α-hetero) is 1. The number of hydrogen-bond acceptors (Lipinski definition) is 6. The molecular formula is C27H27NO5S. The molecule has 2 heterocycles. The summed E-state index contributed by atoms with van der Waals surface area (Å²) in [7, 11) is 1.56. The summed E-state index contributed by atoms with van der Waals surface area (Å²) < 4.78 is 11.1. The molecule has 0 saturated carbocycles. The molecule has 34 heavy (non-hydrogen) atoms. The van der Waals surface area contributed by atoms with Crippen LogP contribution >= 0.6 is 11.3 Å². The molecule has 1 amide bonds. The largest absolute Gasteiger partial charge is 0.507 e. The number of amides is 1. The third-order valence-corrected chi connectivity index (χ3v) is 6.63. The van der Waals surface area contributed by atoms with Crippen molar-refractivity contribution in [1.82, 2.24) is 4.90 Å². The monoisotopic (exact) mass is 477 g/mol. The first-order chi connectivity index (χ1) is 16.4. The Bertz CT molecular complexity index is 1230. The van der Waals surface area contributed by atoms with E-state index >= 15 is 0 Å². The number of methoxy groups -OCH3 is 1. The lowest BCUT2D eigenvalue weighted by Gasteiger charge is -2.25. The topological polar surface area (TPSA) is 76.1 Å². The molecule has 0 spiro atoms. The molecule has 4 rings (SSSR count). The van der Waals surface area contributed by atoms with E-state index in [2.05, 4.69) is 0 Å². The minimum absolute atomic E-state index is 0.0661. The maximum absolute atomic E-state index is 13.2. The van der Waals surface area contributed by atoms with Crippen molar-refractivity contribution in [3.63, 3.8) is 0 Å². The van der Waals surface area contributed by atoms with Crippen LogP contribution in [0.15, 0.2) is 65.6 Å². The fourth-order valence-corrected chi connectivity index (χ4v) is 4.80. The van der Waals surface area contributed by atoms with Crippen LogP contribution in [-0.2, 0) is 16.1 Å². The quantitative estimate of drug-likeness (QED) is 0.264. The van der Waals surface area contributed by atoms with Crippen LogP contribution in [0.4, 0.5) is 0 Å². The molecule has 1 N–H and O–H groups in total. The summed E-state index contributed by atoms with van der Waals surface area (Å²) in [6.45, 7) is 4.78. The Kier molecular flexibility index (Phi) is 7.03. The Balaban J connectivity index is 1.82. The van der Waals surface area contributed by atoms with E-state index in [-0.39, 0.29) is 17.9 Å². The zero-order valence-corrected chi connectivity index (χ0v) is 20.2. The highest BCUT2D eigenvalue weighted by Crippen LogP contribution is 2.41. The summed E-state index contributed by atoms with van der Waals surface area (Å²) in [5.41, 5.74) is 2.05. The van der Waals surface area contributed by atoms with Crippen LogP contribution in [0, 0.1) is 6.92 Å². The van der Waals surface area contributed by atoms with Crippen LogP contribution in [0.1, 0.15) is 41.0 Å². The zero-order chi connectivity index (χ0) is 24.2. The number of aliphatic hydroxyl groups is 1. The maximum atomic E-state index is 13.2. The second-order valence-corrected chi connectivity index (χ2v) is 9.14. The number of hydrogen-bond donors (Lipinski definition) is 1. The molecule has 1 aliphatic heterocycles. The van der Waals surface area contributed by atoms with Crippen molar-refractivity contribution in [3.8, 4) is 11.5 Å². The number of benzene rings is 2. The van der Waals surface area contributed by atoms with Gasteiger partial charge in [-0.15, -0.1) is 11.3 Å². The van der Waals surface area contributed by atoms with Crippen molar-refractivity contribution in [3.05, 3.63) is 87.1 Å². The molecule has 1 aromatic heterocycles. The van der Waals surface area contributed by atoms with Crippen molar-refractivity contribution in [2.75, 3.05) is 13.7 Å². The fourth-order valence-electron chi connectivity index (χ4n) is 4.10. The lowest BCUT2D eigenvalue weighted by Crippen LogP contribution is -2.28. The van der Waals surface area contributed by atoms with Gasteiger partial charge in [0.2, 0.25) is 0 Å². The number of nitrogens with zero attached hydrogens (tertiary/aromatic N) is 1. The number of ketones is 1. The molecule has 176 valence electrons. The number of aryl methyl sites for hydroxylation is 1. The summed E-state index contributed by atoms with van der Waals surface area (Å²) in [6.07, 6.45) is 0.884. The smallest absolute Gasteiger partial charge is 0.295 e. The predicted octanol–water partition coefficient (Wildman–Crippen LogP) is 5.48. The average Bonchev–Trinajstić information content (AvgIpc) is 3.45. The highest BCUT2D eigenvalue weighted by molar-refractivity contribution is 7.09. The highest BCUT2D eigenvalue weighted by Gasteiger charge is 2.46. The first kappa shape index (κ1) is 23.6. The molecule has 0 aliphatic carbocycles. The molecule has 1 atom stereocenters. The van der Waals surface area contributed by atoms with Crippen molar-refractivity contribution in [2.45, 2.75) is 32.9 Å². The summed E-state index contributed by atoms with van der Waals surface area (Å²) in [6, 6.07) is 15.6. The van der Waals surface area contributed by atoms with Gasteiger partial charge in [-0.2, -0.15) is 0 Å². The van der Waals surface area contributed by atoms with Gasteiger partial charge in [0.1, 0.15) is 17.3 Å². The Morgan fingerprint density at radius 2 is 1.94 bits per heavy atom. The van der Waals surface area contributed by atoms with E-state index in [1.807, 2.05) is 43.5 Å². The SMILES string of the molecule is CCCOc1ccc(/C(O)=C2/C(=O)C(=O)N(Cc3cccs3)C2c2cccc(OC)c2)cc1C. The summed E-state index contributed by atoms with van der Waals surface area (Å²) in [5, 5.41) is 13.2. The van der Waals surface area contributed by atoms with Crippen LogP contribution in [0.3, 0.4) is 0 Å². The standard InChI is InChI=1S/C27H27NO5S/c1-4-12-33-22-11-10-19(14-17(22)2)25(29)23-24(18-7-5-8-20(15-18)32-3)28(27(31)26(23)30)16-21-9-6-13-34-21/h5-11,13-15,24,29H,4,12,16H2,1-3H3/b25-23-. The second-order valence-electron chi connectivity index (χ2n) is 8.11. The predicted molar refractivity (Wildman–Crippen MR) is 132 cm³/mol. The van der Waals surface area contributed by atoms with Gasteiger partial charge in [-0.25, -0.2) is 0 Å². The van der Waals surface area contributed by atoms with E-state index < -0.39 is 17.7 Å². The van der Waals surface area contributed by atoms with Crippen LogP contribution < -0.4 is 9.47 Å². The van der Waals surface area contributed by atoms with Gasteiger partial charge in [0.05, 0.1) is 31.9 Å². The number of ether oxygens (including phenoxy) is 2. The maximum Gasteiger partial charge on any atom is 0.295 e. The van der Waals surface area contributed by atoms with Gasteiger partial charge in [0.25, 0.3) is 11.7 Å². The normalized spacial score (nSPS) is 17.3. The molecule has 3 aromatic rings. The molecule has 0 radical (unpaired) electrons. The molecular weight excluding hydrogens is 450 g/mol. The molecule has 0 bridgehead atoms. The highest BCUT2D eigenvalue weighted by atomic mass is 32.1. The molecule has 7 heteroatoms. The molecule has 6 nitrogen and oxygen atoms in total. The van der Waals surface area contributed by atoms with Gasteiger partial charge in [-0.3, -0.25) is 9.59 Å². The van der Waals surface area contributed by atoms with Gasteiger partial charge in [0, 0.05) is 10.4 Å².